The van der Waals surface area contributed by atoms with E-state index in [9.17, 15) is 9.18 Å². The van der Waals surface area contributed by atoms with Crippen molar-refractivity contribution in [1.29, 1.82) is 0 Å². The van der Waals surface area contributed by atoms with Gasteiger partial charge in [-0.25, -0.2) is 9.37 Å². The molecule has 8 heteroatoms. The fourth-order valence-electron chi connectivity index (χ4n) is 3.36. The Labute approximate surface area is 151 Å². The van der Waals surface area contributed by atoms with Crippen LogP contribution in [0.2, 0.25) is 0 Å². The molecule has 1 fully saturated rings. The van der Waals surface area contributed by atoms with Crippen LogP contribution >= 0.6 is 0 Å². The molecule has 0 aromatic carbocycles. The fourth-order valence-corrected chi connectivity index (χ4v) is 3.36. The summed E-state index contributed by atoms with van der Waals surface area (Å²) in [6.45, 7) is 3.38. The van der Waals surface area contributed by atoms with Gasteiger partial charge in [0.25, 0.3) is 5.88 Å². The number of amides is 1. The number of pyridine rings is 1. The molecular weight excluding hydrogens is 337 g/mol. The van der Waals surface area contributed by atoms with Crippen LogP contribution in [0.4, 0.5) is 4.39 Å². The van der Waals surface area contributed by atoms with E-state index in [0.29, 0.717) is 37.7 Å². The molecule has 3 heterocycles. The lowest BCUT2D eigenvalue weighted by atomic mass is 10.1. The Morgan fingerprint density at radius 2 is 2.19 bits per heavy atom. The lowest BCUT2D eigenvalue weighted by Crippen LogP contribution is -2.40. The number of carbonyl (C=O) groups excluding carboxylic acids is 1. The van der Waals surface area contributed by atoms with Gasteiger partial charge in [-0.2, -0.15) is 0 Å². The number of aromatic nitrogens is 4. The largest absolute Gasteiger partial charge is 0.467 e. The Hall–Kier alpha value is -2.51. The van der Waals surface area contributed by atoms with Gasteiger partial charge in [0, 0.05) is 38.2 Å². The highest BCUT2D eigenvalue weighted by Gasteiger charge is 2.31. The quantitative estimate of drug-likeness (QED) is 0.816. The minimum Gasteiger partial charge on any atom is -0.467 e. The van der Waals surface area contributed by atoms with Crippen LogP contribution in [0.1, 0.15) is 37.8 Å². The highest BCUT2D eigenvalue weighted by molar-refractivity contribution is 5.77. The van der Waals surface area contributed by atoms with Crippen LogP contribution in [0.5, 0.6) is 5.88 Å². The van der Waals surface area contributed by atoms with Gasteiger partial charge in [-0.05, 0) is 37.8 Å². The molecule has 1 aliphatic carbocycles. The average molecular weight is 359 g/mol. The smallest absolute Gasteiger partial charge is 0.250 e. The van der Waals surface area contributed by atoms with Crippen LogP contribution in [-0.4, -0.2) is 43.1 Å². The first-order valence-electron chi connectivity index (χ1n) is 9.05. The Kier molecular flexibility index (Phi) is 4.57. The third-order valence-corrected chi connectivity index (χ3v) is 5.02. The number of hydrogen-bond acceptors (Lipinski definition) is 5. The highest BCUT2D eigenvalue weighted by Crippen LogP contribution is 2.33. The molecule has 2 aliphatic rings. The second kappa shape index (κ2) is 7.01. The van der Waals surface area contributed by atoms with Crippen molar-refractivity contribution < 1.29 is 13.9 Å². The molecule has 2 aromatic rings. The van der Waals surface area contributed by atoms with Gasteiger partial charge in [-0.3, -0.25) is 4.79 Å². The molecule has 0 radical (unpaired) electrons. The van der Waals surface area contributed by atoms with E-state index in [0.717, 1.165) is 5.82 Å². The number of hydrogen-bond donors (Lipinski definition) is 0. The van der Waals surface area contributed by atoms with E-state index >= 15 is 0 Å². The van der Waals surface area contributed by atoms with Gasteiger partial charge in [-0.1, -0.05) is 0 Å². The summed E-state index contributed by atoms with van der Waals surface area (Å²) in [5.74, 6) is 1.70. The Morgan fingerprint density at radius 1 is 1.35 bits per heavy atom. The van der Waals surface area contributed by atoms with E-state index < -0.39 is 5.82 Å². The molecule has 1 amide bonds. The summed E-state index contributed by atoms with van der Waals surface area (Å²) in [5, 5.41) is 8.43. The summed E-state index contributed by atoms with van der Waals surface area (Å²) in [4.78, 5) is 18.4. The average Bonchev–Trinajstić information content (AvgIpc) is 3.38. The topological polar surface area (TPSA) is 73.1 Å². The van der Waals surface area contributed by atoms with Crippen molar-refractivity contribution >= 4 is 5.91 Å². The normalized spacial score (nSPS) is 19.8. The summed E-state index contributed by atoms with van der Waals surface area (Å²) >= 11 is 0. The first-order valence-corrected chi connectivity index (χ1v) is 9.05. The third-order valence-electron chi connectivity index (χ3n) is 5.02. The van der Waals surface area contributed by atoms with Gasteiger partial charge in [0.05, 0.1) is 0 Å². The summed E-state index contributed by atoms with van der Waals surface area (Å²) in [5.41, 5.74) is 0. The van der Waals surface area contributed by atoms with Gasteiger partial charge in [-0.15, -0.1) is 10.2 Å². The van der Waals surface area contributed by atoms with Gasteiger partial charge in [0.2, 0.25) is 5.91 Å². The molecule has 1 aliphatic heterocycles. The fraction of sp³-hybridized carbons (Fsp3) is 0.556. The van der Waals surface area contributed by atoms with Crippen molar-refractivity contribution in [3.8, 4) is 5.88 Å². The van der Waals surface area contributed by atoms with Crippen LogP contribution in [0.3, 0.4) is 0 Å². The molecule has 1 saturated carbocycles. The molecule has 0 unspecified atom stereocenters. The van der Waals surface area contributed by atoms with Crippen molar-refractivity contribution in [1.82, 2.24) is 24.6 Å². The van der Waals surface area contributed by atoms with Crippen LogP contribution in [0.25, 0.3) is 0 Å². The number of carbonyl (C=O) groups is 1. The number of fused-ring (bicyclic) bond motifs is 1. The maximum absolute atomic E-state index is 13.6. The lowest BCUT2D eigenvalue weighted by Gasteiger charge is -2.26. The number of ether oxygens (including phenoxy) is 1. The zero-order chi connectivity index (χ0) is 18.1. The first kappa shape index (κ1) is 16.9. The predicted molar refractivity (Wildman–Crippen MR) is 90.8 cm³/mol. The van der Waals surface area contributed by atoms with Crippen LogP contribution < -0.4 is 4.74 Å². The van der Waals surface area contributed by atoms with E-state index in [1.807, 2.05) is 9.47 Å². The molecule has 1 atom stereocenters. The predicted octanol–water partition coefficient (Wildman–Crippen LogP) is 1.96. The minimum absolute atomic E-state index is 0.0481. The van der Waals surface area contributed by atoms with E-state index in [4.69, 9.17) is 4.74 Å². The van der Waals surface area contributed by atoms with Crippen molar-refractivity contribution in [2.45, 2.75) is 51.8 Å². The van der Waals surface area contributed by atoms with Crippen molar-refractivity contribution in [2.24, 2.45) is 5.92 Å². The second-order valence-electron chi connectivity index (χ2n) is 7.05. The maximum atomic E-state index is 13.6. The zero-order valence-corrected chi connectivity index (χ0v) is 14.8. The van der Waals surface area contributed by atoms with E-state index in [1.165, 1.54) is 31.2 Å². The highest BCUT2D eigenvalue weighted by atomic mass is 19.1. The van der Waals surface area contributed by atoms with Gasteiger partial charge < -0.3 is 14.2 Å². The van der Waals surface area contributed by atoms with E-state index in [-0.39, 0.29) is 24.4 Å². The monoisotopic (exact) mass is 359 g/mol. The molecule has 0 saturated heterocycles. The molecule has 0 bridgehead atoms. The van der Waals surface area contributed by atoms with E-state index in [2.05, 4.69) is 22.1 Å². The number of halogens is 1. The molecular formula is C18H22FN5O2. The maximum Gasteiger partial charge on any atom is 0.250 e. The van der Waals surface area contributed by atoms with Crippen LogP contribution in [-0.2, 0) is 24.4 Å². The summed E-state index contributed by atoms with van der Waals surface area (Å²) < 4.78 is 21.1. The first-order chi connectivity index (χ1) is 12.6. The molecule has 0 N–H and O–H groups in total. The zero-order valence-electron chi connectivity index (χ0n) is 14.8. The molecule has 2 aromatic heterocycles. The summed E-state index contributed by atoms with van der Waals surface area (Å²) in [7, 11) is 0. The minimum atomic E-state index is -0.506. The SMILES string of the molecule is C[C@@H]1Cc2nnc(COc3ncccc3F)n2CCN1C(=O)CC1CC1. The van der Waals surface area contributed by atoms with E-state index in [1.54, 1.807) is 0 Å². The van der Waals surface area contributed by atoms with Crippen molar-refractivity contribution in [2.75, 3.05) is 6.54 Å². The molecule has 26 heavy (non-hydrogen) atoms. The van der Waals surface area contributed by atoms with Crippen LogP contribution in [0, 0.1) is 11.7 Å². The second-order valence-corrected chi connectivity index (χ2v) is 7.05. The Balaban J connectivity index is 1.44. The summed E-state index contributed by atoms with van der Waals surface area (Å²) in [6.07, 6.45) is 5.13. The van der Waals surface area contributed by atoms with Gasteiger partial charge in [0.1, 0.15) is 12.4 Å². The number of rotatable bonds is 5. The van der Waals surface area contributed by atoms with Gasteiger partial charge >= 0.3 is 0 Å². The van der Waals surface area contributed by atoms with Crippen molar-refractivity contribution in [3.63, 3.8) is 0 Å². The number of nitrogens with zero attached hydrogens (tertiary/aromatic N) is 5. The summed E-state index contributed by atoms with van der Waals surface area (Å²) in [6, 6.07) is 2.91. The van der Waals surface area contributed by atoms with Crippen LogP contribution in [0.15, 0.2) is 18.3 Å². The Bertz CT molecular complexity index is 805. The Morgan fingerprint density at radius 3 is 2.96 bits per heavy atom. The van der Waals surface area contributed by atoms with Gasteiger partial charge in [0.15, 0.2) is 11.6 Å². The molecule has 4 rings (SSSR count). The molecule has 138 valence electrons. The molecule has 7 nitrogen and oxygen atoms in total. The van der Waals surface area contributed by atoms with Crippen molar-refractivity contribution in [3.05, 3.63) is 35.8 Å². The standard InChI is InChI=1S/C18H22FN5O2/c1-12-9-15-21-22-16(11-26-18-14(19)3-2-6-20-18)24(15)8-7-23(12)17(25)10-13-4-5-13/h2-3,6,12-13H,4-5,7-11H2,1H3/t12-/m1/s1. The third kappa shape index (κ3) is 3.54. The molecule has 0 spiro atoms. The lowest BCUT2D eigenvalue weighted by molar-refractivity contribution is -0.133.